The zero-order valence-corrected chi connectivity index (χ0v) is 10.4. The van der Waals surface area contributed by atoms with Crippen molar-refractivity contribution >= 4 is 11.3 Å². The lowest BCUT2D eigenvalue weighted by atomic mass is 10.1. The van der Waals surface area contributed by atoms with Crippen LogP contribution in [0.15, 0.2) is 35.8 Å². The van der Waals surface area contributed by atoms with Gasteiger partial charge in [0.25, 0.3) is 0 Å². The molecule has 1 aromatic heterocycles. The van der Waals surface area contributed by atoms with Crippen LogP contribution in [0.3, 0.4) is 0 Å². The van der Waals surface area contributed by atoms with Gasteiger partial charge in [-0.15, -0.1) is 11.3 Å². The summed E-state index contributed by atoms with van der Waals surface area (Å²) in [6.45, 7) is 1.67. The number of hydrogen-bond donors (Lipinski definition) is 0. The maximum atomic E-state index is 8.83. The fourth-order valence-corrected chi connectivity index (χ4v) is 2.36. The number of nitrogens with zero attached hydrogens (tertiary/aromatic N) is 3. The molecular weight excluding hydrogens is 230 g/mol. The minimum atomic E-state index is 0.713. The molecule has 1 aromatic carbocycles. The van der Waals surface area contributed by atoms with Crippen LogP contribution < -0.4 is 0 Å². The highest BCUT2D eigenvalue weighted by Crippen LogP contribution is 2.11. The van der Waals surface area contributed by atoms with Crippen molar-refractivity contribution in [2.24, 2.45) is 0 Å². The Bertz CT molecular complexity index is 514. The average molecular weight is 243 g/mol. The van der Waals surface area contributed by atoms with Crippen molar-refractivity contribution in [3.05, 3.63) is 52.0 Å². The van der Waals surface area contributed by atoms with Gasteiger partial charge in [0.1, 0.15) is 5.01 Å². The zero-order chi connectivity index (χ0) is 12.1. The van der Waals surface area contributed by atoms with Crippen LogP contribution in [0.4, 0.5) is 0 Å². The highest BCUT2D eigenvalue weighted by Gasteiger charge is 2.04. The molecular formula is C13H13N3S. The van der Waals surface area contributed by atoms with Crippen LogP contribution in [-0.4, -0.2) is 16.9 Å². The monoisotopic (exact) mass is 243 g/mol. The molecule has 0 saturated carbocycles. The summed E-state index contributed by atoms with van der Waals surface area (Å²) in [5.74, 6) is 0. The van der Waals surface area contributed by atoms with Crippen molar-refractivity contribution in [3.63, 3.8) is 0 Å². The van der Waals surface area contributed by atoms with Crippen molar-refractivity contribution in [2.75, 3.05) is 7.05 Å². The first kappa shape index (κ1) is 11.8. The second kappa shape index (κ2) is 5.58. The molecule has 2 aromatic rings. The van der Waals surface area contributed by atoms with E-state index in [2.05, 4.69) is 23.0 Å². The van der Waals surface area contributed by atoms with Crippen molar-refractivity contribution in [1.82, 2.24) is 9.88 Å². The fourth-order valence-electron chi connectivity index (χ4n) is 1.67. The molecule has 0 fully saturated rings. The molecule has 0 aliphatic carbocycles. The molecule has 0 spiro atoms. The predicted octanol–water partition coefficient (Wildman–Crippen LogP) is 2.65. The number of aromatic nitrogens is 1. The lowest BCUT2D eigenvalue weighted by molar-refractivity contribution is 0.318. The van der Waals surface area contributed by atoms with E-state index in [1.165, 1.54) is 0 Å². The lowest BCUT2D eigenvalue weighted by Gasteiger charge is -2.15. The van der Waals surface area contributed by atoms with E-state index in [4.69, 9.17) is 5.26 Å². The minimum Gasteiger partial charge on any atom is -0.295 e. The predicted molar refractivity (Wildman–Crippen MR) is 68.4 cm³/mol. The molecule has 0 aliphatic heterocycles. The van der Waals surface area contributed by atoms with Gasteiger partial charge in [0.05, 0.1) is 18.2 Å². The second-order valence-corrected chi connectivity index (χ2v) is 4.89. The van der Waals surface area contributed by atoms with Crippen LogP contribution in [0.2, 0.25) is 0 Å². The Hall–Kier alpha value is -1.70. The average Bonchev–Trinajstić information content (AvgIpc) is 2.82. The first-order chi connectivity index (χ1) is 8.28. The summed E-state index contributed by atoms with van der Waals surface area (Å²) in [5.41, 5.74) is 1.87. The number of rotatable bonds is 4. The largest absolute Gasteiger partial charge is 0.295 e. The van der Waals surface area contributed by atoms with Crippen molar-refractivity contribution in [1.29, 1.82) is 5.26 Å². The van der Waals surface area contributed by atoms with Crippen molar-refractivity contribution in [3.8, 4) is 6.07 Å². The van der Waals surface area contributed by atoms with E-state index < -0.39 is 0 Å². The minimum absolute atomic E-state index is 0.713. The molecule has 0 atom stereocenters. The van der Waals surface area contributed by atoms with Gasteiger partial charge in [0.15, 0.2) is 0 Å². The molecule has 0 radical (unpaired) electrons. The molecule has 0 unspecified atom stereocenters. The van der Waals surface area contributed by atoms with E-state index in [0.717, 1.165) is 23.7 Å². The highest BCUT2D eigenvalue weighted by atomic mass is 32.1. The van der Waals surface area contributed by atoms with Crippen LogP contribution in [0.5, 0.6) is 0 Å². The van der Waals surface area contributed by atoms with Gasteiger partial charge < -0.3 is 0 Å². The van der Waals surface area contributed by atoms with Crippen molar-refractivity contribution < 1.29 is 0 Å². The number of thiazole rings is 1. The Morgan fingerprint density at radius 1 is 1.41 bits per heavy atom. The quantitative estimate of drug-likeness (QED) is 0.828. The van der Waals surface area contributed by atoms with Gasteiger partial charge in [-0.05, 0) is 24.7 Å². The molecule has 0 N–H and O–H groups in total. The summed E-state index contributed by atoms with van der Waals surface area (Å²) in [6, 6.07) is 9.87. The van der Waals surface area contributed by atoms with Gasteiger partial charge in [-0.3, -0.25) is 4.90 Å². The van der Waals surface area contributed by atoms with Gasteiger partial charge in [0, 0.05) is 18.1 Å². The molecule has 0 bridgehead atoms. The maximum absolute atomic E-state index is 8.83. The summed E-state index contributed by atoms with van der Waals surface area (Å²) in [4.78, 5) is 6.45. The van der Waals surface area contributed by atoms with Crippen LogP contribution in [0, 0.1) is 11.3 Å². The topological polar surface area (TPSA) is 39.9 Å². The Balaban J connectivity index is 1.98. The van der Waals surface area contributed by atoms with Crippen LogP contribution >= 0.6 is 11.3 Å². The summed E-state index contributed by atoms with van der Waals surface area (Å²) >= 11 is 1.66. The third-order valence-corrected chi connectivity index (χ3v) is 3.16. The van der Waals surface area contributed by atoms with Gasteiger partial charge in [0.2, 0.25) is 0 Å². The first-order valence-electron chi connectivity index (χ1n) is 5.34. The standard InChI is InChI=1S/C13H13N3S/c1-16(10-13-15-5-6-17-13)9-12-4-2-3-11(7-12)8-14/h2-7H,9-10H2,1H3. The summed E-state index contributed by atoms with van der Waals surface area (Å²) in [6.07, 6.45) is 1.82. The smallest absolute Gasteiger partial charge is 0.107 e. The van der Waals surface area contributed by atoms with E-state index >= 15 is 0 Å². The van der Waals surface area contributed by atoms with E-state index in [-0.39, 0.29) is 0 Å². The Labute approximate surface area is 105 Å². The van der Waals surface area contributed by atoms with Gasteiger partial charge in [-0.1, -0.05) is 12.1 Å². The summed E-state index contributed by atoms with van der Waals surface area (Å²) < 4.78 is 0. The molecule has 0 saturated heterocycles. The van der Waals surface area contributed by atoms with E-state index in [9.17, 15) is 0 Å². The first-order valence-corrected chi connectivity index (χ1v) is 6.22. The Morgan fingerprint density at radius 3 is 3.00 bits per heavy atom. The maximum Gasteiger partial charge on any atom is 0.107 e. The van der Waals surface area contributed by atoms with E-state index in [1.807, 2.05) is 35.8 Å². The molecule has 4 heteroatoms. The third-order valence-electron chi connectivity index (χ3n) is 2.40. The molecule has 3 nitrogen and oxygen atoms in total. The molecule has 1 heterocycles. The van der Waals surface area contributed by atoms with Crippen LogP contribution in [0.1, 0.15) is 16.1 Å². The van der Waals surface area contributed by atoms with E-state index in [1.54, 1.807) is 11.3 Å². The Kier molecular flexibility index (Phi) is 3.86. The molecule has 2 rings (SSSR count). The second-order valence-electron chi connectivity index (χ2n) is 3.91. The fraction of sp³-hybridized carbons (Fsp3) is 0.231. The normalized spacial score (nSPS) is 10.4. The van der Waals surface area contributed by atoms with Crippen LogP contribution in [-0.2, 0) is 13.1 Å². The molecule has 0 amide bonds. The van der Waals surface area contributed by atoms with Gasteiger partial charge in [-0.2, -0.15) is 5.26 Å². The SMILES string of the molecule is CN(Cc1cccc(C#N)c1)Cc1nccs1. The highest BCUT2D eigenvalue weighted by molar-refractivity contribution is 7.09. The third kappa shape index (κ3) is 3.38. The van der Waals surface area contributed by atoms with E-state index in [0.29, 0.717) is 5.56 Å². The van der Waals surface area contributed by atoms with Gasteiger partial charge in [-0.25, -0.2) is 4.98 Å². The number of nitriles is 1. The summed E-state index contributed by atoms with van der Waals surface area (Å²) in [5, 5.41) is 11.9. The van der Waals surface area contributed by atoms with Gasteiger partial charge >= 0.3 is 0 Å². The van der Waals surface area contributed by atoms with Crippen molar-refractivity contribution in [2.45, 2.75) is 13.1 Å². The number of benzene rings is 1. The molecule has 86 valence electrons. The van der Waals surface area contributed by atoms with Crippen LogP contribution in [0.25, 0.3) is 0 Å². The summed E-state index contributed by atoms with van der Waals surface area (Å²) in [7, 11) is 2.06. The number of hydrogen-bond acceptors (Lipinski definition) is 4. The Morgan fingerprint density at radius 2 is 2.29 bits per heavy atom. The molecule has 17 heavy (non-hydrogen) atoms. The zero-order valence-electron chi connectivity index (χ0n) is 9.63. The lowest BCUT2D eigenvalue weighted by Crippen LogP contribution is -2.17. The molecule has 0 aliphatic rings.